The third-order valence-electron chi connectivity index (χ3n) is 4.38. The molecule has 21 heavy (non-hydrogen) atoms. The van der Waals surface area contributed by atoms with E-state index in [1.165, 1.54) is 36.0 Å². The lowest BCUT2D eigenvalue weighted by Gasteiger charge is -2.30. The van der Waals surface area contributed by atoms with E-state index in [4.69, 9.17) is 0 Å². The first-order valence-corrected chi connectivity index (χ1v) is 8.50. The summed E-state index contributed by atoms with van der Waals surface area (Å²) in [7, 11) is 2.26. The van der Waals surface area contributed by atoms with Crippen LogP contribution in [0.15, 0.2) is 18.2 Å². The van der Waals surface area contributed by atoms with Crippen LogP contribution >= 0.6 is 0 Å². The van der Waals surface area contributed by atoms with Crippen molar-refractivity contribution < 1.29 is 0 Å². The fraction of sp³-hybridized carbons (Fsp3) is 0.684. The molecule has 2 heteroatoms. The van der Waals surface area contributed by atoms with E-state index >= 15 is 0 Å². The highest BCUT2D eigenvalue weighted by Crippen LogP contribution is 2.21. The van der Waals surface area contributed by atoms with Gasteiger partial charge < -0.3 is 10.2 Å². The van der Waals surface area contributed by atoms with Crippen molar-refractivity contribution in [2.24, 2.45) is 0 Å². The van der Waals surface area contributed by atoms with Gasteiger partial charge in [0.05, 0.1) is 0 Å². The Bertz CT molecular complexity index is 414. The van der Waals surface area contributed by atoms with Crippen LogP contribution in [0.4, 0.5) is 0 Å². The standard InChI is InChI=1S/C19H34N2/c1-7-9-17(5)21(6)14-19(20-12-8-2)18-13-15(3)10-11-16(18)4/h10-11,13,17,19-20H,7-9,12,14H2,1-6H3. The second-order valence-corrected chi connectivity index (χ2v) is 6.44. The largest absolute Gasteiger partial charge is 0.309 e. The second kappa shape index (κ2) is 9.22. The Kier molecular flexibility index (Phi) is 7.98. The third kappa shape index (κ3) is 5.80. The maximum atomic E-state index is 3.74. The van der Waals surface area contributed by atoms with Crippen LogP contribution in [0.1, 0.15) is 62.8 Å². The van der Waals surface area contributed by atoms with Crippen LogP contribution in [0.5, 0.6) is 0 Å². The van der Waals surface area contributed by atoms with Crippen molar-refractivity contribution in [2.45, 2.75) is 66.0 Å². The van der Waals surface area contributed by atoms with E-state index in [2.05, 4.69) is 70.1 Å². The minimum Gasteiger partial charge on any atom is -0.309 e. The maximum Gasteiger partial charge on any atom is 0.0452 e. The van der Waals surface area contributed by atoms with Crippen LogP contribution in [0.2, 0.25) is 0 Å². The Morgan fingerprint density at radius 3 is 2.48 bits per heavy atom. The zero-order valence-corrected chi connectivity index (χ0v) is 14.9. The van der Waals surface area contributed by atoms with Gasteiger partial charge in [0, 0.05) is 18.6 Å². The van der Waals surface area contributed by atoms with Gasteiger partial charge in [-0.15, -0.1) is 0 Å². The third-order valence-corrected chi connectivity index (χ3v) is 4.38. The summed E-state index contributed by atoms with van der Waals surface area (Å²) in [6, 6.07) is 7.88. The number of benzene rings is 1. The number of nitrogens with zero attached hydrogens (tertiary/aromatic N) is 1. The van der Waals surface area contributed by atoms with E-state index in [9.17, 15) is 0 Å². The number of rotatable bonds is 9. The number of nitrogens with one attached hydrogen (secondary N) is 1. The molecule has 0 saturated heterocycles. The van der Waals surface area contributed by atoms with Gasteiger partial charge in [-0.05, 0) is 58.3 Å². The summed E-state index contributed by atoms with van der Waals surface area (Å²) < 4.78 is 0. The first-order chi connectivity index (χ1) is 9.99. The fourth-order valence-corrected chi connectivity index (χ4v) is 2.83. The van der Waals surface area contributed by atoms with Gasteiger partial charge in [0.25, 0.3) is 0 Å². The van der Waals surface area contributed by atoms with E-state index < -0.39 is 0 Å². The first-order valence-electron chi connectivity index (χ1n) is 8.50. The lowest BCUT2D eigenvalue weighted by molar-refractivity contribution is 0.218. The van der Waals surface area contributed by atoms with Crippen LogP contribution in [0.25, 0.3) is 0 Å². The molecule has 0 bridgehead atoms. The summed E-state index contributed by atoms with van der Waals surface area (Å²) in [4.78, 5) is 2.50. The van der Waals surface area contributed by atoms with Crippen LogP contribution in [0.3, 0.4) is 0 Å². The van der Waals surface area contributed by atoms with Gasteiger partial charge in [-0.2, -0.15) is 0 Å². The monoisotopic (exact) mass is 290 g/mol. The van der Waals surface area contributed by atoms with Gasteiger partial charge in [0.15, 0.2) is 0 Å². The van der Waals surface area contributed by atoms with Gasteiger partial charge in [-0.25, -0.2) is 0 Å². The molecule has 2 atom stereocenters. The predicted molar refractivity (Wildman–Crippen MR) is 94.0 cm³/mol. The van der Waals surface area contributed by atoms with Crippen molar-refractivity contribution in [2.75, 3.05) is 20.1 Å². The first kappa shape index (κ1) is 18.2. The Balaban J connectivity index is 2.86. The van der Waals surface area contributed by atoms with E-state index in [1.807, 2.05) is 0 Å². The zero-order chi connectivity index (χ0) is 15.8. The number of aryl methyl sites for hydroxylation is 2. The molecule has 0 fully saturated rings. The molecule has 120 valence electrons. The van der Waals surface area contributed by atoms with E-state index in [0.717, 1.165) is 13.1 Å². The van der Waals surface area contributed by atoms with Crippen molar-refractivity contribution >= 4 is 0 Å². The van der Waals surface area contributed by atoms with Gasteiger partial charge in [-0.1, -0.05) is 44.0 Å². The molecule has 0 aliphatic rings. The fourth-order valence-electron chi connectivity index (χ4n) is 2.83. The van der Waals surface area contributed by atoms with Crippen molar-refractivity contribution in [3.05, 3.63) is 34.9 Å². The average molecular weight is 290 g/mol. The van der Waals surface area contributed by atoms with Crippen LogP contribution in [0, 0.1) is 13.8 Å². The summed E-state index contributed by atoms with van der Waals surface area (Å²) in [6.45, 7) is 13.4. The molecule has 1 rings (SSSR count). The molecule has 0 aliphatic heterocycles. The van der Waals surface area contributed by atoms with Crippen molar-refractivity contribution in [3.63, 3.8) is 0 Å². The predicted octanol–water partition coefficient (Wildman–Crippen LogP) is 4.46. The molecule has 0 radical (unpaired) electrons. The molecule has 0 amide bonds. The quantitative estimate of drug-likeness (QED) is 0.722. The maximum absolute atomic E-state index is 3.74. The molecule has 0 aliphatic carbocycles. The Morgan fingerprint density at radius 1 is 1.14 bits per heavy atom. The lowest BCUT2D eigenvalue weighted by atomic mass is 9.97. The van der Waals surface area contributed by atoms with Gasteiger partial charge in [0.1, 0.15) is 0 Å². The summed E-state index contributed by atoms with van der Waals surface area (Å²) in [6.07, 6.45) is 3.70. The van der Waals surface area contributed by atoms with Gasteiger partial charge in [-0.3, -0.25) is 0 Å². The SMILES string of the molecule is CCCNC(CN(C)C(C)CCC)c1cc(C)ccc1C. The summed E-state index contributed by atoms with van der Waals surface area (Å²) in [5.74, 6) is 0. The van der Waals surface area contributed by atoms with Crippen LogP contribution in [-0.2, 0) is 0 Å². The van der Waals surface area contributed by atoms with Crippen LogP contribution < -0.4 is 5.32 Å². The molecule has 0 heterocycles. The molecular weight excluding hydrogens is 256 g/mol. The normalized spacial score (nSPS) is 14.4. The molecular formula is C19H34N2. The number of hydrogen-bond acceptors (Lipinski definition) is 2. The summed E-state index contributed by atoms with van der Waals surface area (Å²) >= 11 is 0. The molecule has 1 N–H and O–H groups in total. The Hall–Kier alpha value is -0.860. The lowest BCUT2D eigenvalue weighted by Crippen LogP contribution is -2.38. The van der Waals surface area contributed by atoms with Crippen LogP contribution in [-0.4, -0.2) is 31.1 Å². The highest BCUT2D eigenvalue weighted by Gasteiger charge is 2.18. The Labute approximate surface area is 131 Å². The number of likely N-dealkylation sites (N-methyl/N-ethyl adjacent to an activating group) is 1. The Morgan fingerprint density at radius 2 is 1.86 bits per heavy atom. The molecule has 1 aromatic carbocycles. The van der Waals surface area contributed by atoms with E-state index in [-0.39, 0.29) is 0 Å². The molecule has 0 aromatic heterocycles. The van der Waals surface area contributed by atoms with Crippen molar-refractivity contribution in [3.8, 4) is 0 Å². The smallest absolute Gasteiger partial charge is 0.0452 e. The highest BCUT2D eigenvalue weighted by molar-refractivity contribution is 5.33. The molecule has 2 nitrogen and oxygen atoms in total. The highest BCUT2D eigenvalue weighted by atomic mass is 15.1. The summed E-state index contributed by atoms with van der Waals surface area (Å²) in [5, 5.41) is 3.74. The average Bonchev–Trinajstić information content (AvgIpc) is 2.46. The van der Waals surface area contributed by atoms with Gasteiger partial charge in [0.2, 0.25) is 0 Å². The number of hydrogen-bond donors (Lipinski definition) is 1. The molecule has 1 aromatic rings. The van der Waals surface area contributed by atoms with E-state index in [0.29, 0.717) is 12.1 Å². The molecule has 2 unspecified atom stereocenters. The van der Waals surface area contributed by atoms with E-state index in [1.54, 1.807) is 0 Å². The minimum absolute atomic E-state index is 0.425. The molecule has 0 saturated carbocycles. The zero-order valence-electron chi connectivity index (χ0n) is 14.9. The summed E-state index contributed by atoms with van der Waals surface area (Å²) in [5.41, 5.74) is 4.20. The minimum atomic E-state index is 0.425. The van der Waals surface area contributed by atoms with Gasteiger partial charge >= 0.3 is 0 Å². The van der Waals surface area contributed by atoms with Crippen molar-refractivity contribution in [1.29, 1.82) is 0 Å². The molecule has 0 spiro atoms. The second-order valence-electron chi connectivity index (χ2n) is 6.44. The topological polar surface area (TPSA) is 15.3 Å². The van der Waals surface area contributed by atoms with Crippen molar-refractivity contribution in [1.82, 2.24) is 10.2 Å².